The van der Waals surface area contributed by atoms with E-state index in [0.29, 0.717) is 32.4 Å². The normalized spacial score (nSPS) is 26.4. The van der Waals surface area contributed by atoms with Crippen LogP contribution in [0.25, 0.3) is 0 Å². The van der Waals surface area contributed by atoms with Gasteiger partial charge in [0.25, 0.3) is 0 Å². The molecule has 2 saturated heterocycles. The lowest BCUT2D eigenvalue weighted by atomic mass is 9.75. The number of piperidine rings is 1. The van der Waals surface area contributed by atoms with E-state index in [4.69, 9.17) is 0 Å². The van der Waals surface area contributed by atoms with Crippen LogP contribution in [-0.4, -0.2) is 52.6 Å². The fraction of sp³-hybridized carbons (Fsp3) is 0.846. The van der Waals surface area contributed by atoms with Gasteiger partial charge in [0.2, 0.25) is 5.91 Å². The third kappa shape index (κ3) is 3.05. The molecular weight excluding hydrogens is 264 g/mol. The molecule has 0 radical (unpaired) electrons. The molecule has 0 aromatic carbocycles. The third-order valence-corrected chi connectivity index (χ3v) is 5.17. The highest BCUT2D eigenvalue weighted by molar-refractivity contribution is 7.99. The first-order valence-corrected chi connectivity index (χ1v) is 8.08. The Balaban J connectivity index is 1.93. The van der Waals surface area contributed by atoms with Crippen molar-refractivity contribution < 1.29 is 14.7 Å². The lowest BCUT2D eigenvalue weighted by molar-refractivity contribution is -0.155. The van der Waals surface area contributed by atoms with Crippen molar-refractivity contribution in [3.05, 3.63) is 0 Å². The summed E-state index contributed by atoms with van der Waals surface area (Å²) in [6.07, 6.45) is 2.76. The molecule has 108 valence electrons. The van der Waals surface area contributed by atoms with E-state index in [0.717, 1.165) is 18.1 Å². The summed E-state index contributed by atoms with van der Waals surface area (Å²) in [7, 11) is 0. The Labute approximate surface area is 118 Å². The lowest BCUT2D eigenvalue weighted by Gasteiger charge is -2.39. The second-order valence-electron chi connectivity index (χ2n) is 5.43. The number of nitrogens with one attached hydrogen (secondary N) is 1. The molecule has 2 fully saturated rings. The summed E-state index contributed by atoms with van der Waals surface area (Å²) in [6.45, 7) is 3.17. The number of aliphatic carboxylic acids is 1. The van der Waals surface area contributed by atoms with E-state index in [9.17, 15) is 14.7 Å². The number of carboxylic acids is 1. The van der Waals surface area contributed by atoms with E-state index in [1.54, 1.807) is 11.8 Å². The molecule has 2 heterocycles. The number of hydrogen-bond acceptors (Lipinski definition) is 4. The molecule has 1 atom stereocenters. The van der Waals surface area contributed by atoms with Gasteiger partial charge in [-0.25, -0.2) is 0 Å². The summed E-state index contributed by atoms with van der Waals surface area (Å²) in [5, 5.41) is 12.6. The first-order chi connectivity index (χ1) is 9.09. The Kier molecular flexibility index (Phi) is 4.73. The Morgan fingerprint density at radius 3 is 2.58 bits per heavy atom. The maximum absolute atomic E-state index is 12.2. The number of likely N-dealkylation sites (tertiary alicyclic amines) is 1. The van der Waals surface area contributed by atoms with E-state index in [1.807, 2.05) is 11.8 Å². The minimum atomic E-state index is -0.698. The first kappa shape index (κ1) is 14.7. The predicted octanol–water partition coefficient (Wildman–Crippen LogP) is 1.14. The van der Waals surface area contributed by atoms with E-state index in [2.05, 4.69) is 5.32 Å². The number of amides is 1. The molecule has 6 heteroatoms. The third-order valence-electron chi connectivity index (χ3n) is 4.23. The molecule has 2 aliphatic rings. The van der Waals surface area contributed by atoms with Gasteiger partial charge in [-0.2, -0.15) is 0 Å². The zero-order chi connectivity index (χ0) is 13.9. The summed E-state index contributed by atoms with van der Waals surface area (Å²) >= 11 is 1.73. The second-order valence-corrected chi connectivity index (χ2v) is 6.46. The van der Waals surface area contributed by atoms with E-state index in [-0.39, 0.29) is 11.9 Å². The van der Waals surface area contributed by atoms with Gasteiger partial charge in [-0.15, -0.1) is 11.8 Å². The number of carbonyl (C=O) groups excluding carboxylic acids is 1. The molecule has 2 N–H and O–H groups in total. The number of thioether (sulfide) groups is 1. The maximum atomic E-state index is 12.2. The van der Waals surface area contributed by atoms with Crippen molar-refractivity contribution in [3.8, 4) is 0 Å². The van der Waals surface area contributed by atoms with Gasteiger partial charge in [0.15, 0.2) is 0 Å². The quantitative estimate of drug-likeness (QED) is 0.811. The second kappa shape index (κ2) is 6.13. The van der Waals surface area contributed by atoms with Crippen LogP contribution in [0.4, 0.5) is 0 Å². The van der Waals surface area contributed by atoms with Gasteiger partial charge in [-0.3, -0.25) is 14.9 Å². The number of nitrogens with zero attached hydrogens (tertiary/aromatic N) is 1. The van der Waals surface area contributed by atoms with Crippen molar-refractivity contribution in [3.63, 3.8) is 0 Å². The van der Waals surface area contributed by atoms with E-state index < -0.39 is 11.4 Å². The fourth-order valence-corrected chi connectivity index (χ4v) is 3.91. The van der Waals surface area contributed by atoms with Gasteiger partial charge < -0.3 is 10.0 Å². The van der Waals surface area contributed by atoms with Gasteiger partial charge in [-0.05, 0) is 19.3 Å². The largest absolute Gasteiger partial charge is 0.481 e. The molecule has 2 rings (SSSR count). The molecule has 0 aliphatic carbocycles. The highest BCUT2D eigenvalue weighted by Gasteiger charge is 2.42. The van der Waals surface area contributed by atoms with E-state index >= 15 is 0 Å². The molecule has 0 bridgehead atoms. The summed E-state index contributed by atoms with van der Waals surface area (Å²) in [4.78, 5) is 25.6. The fourth-order valence-electron chi connectivity index (χ4n) is 2.98. The van der Waals surface area contributed by atoms with Crippen LogP contribution in [0, 0.1) is 5.41 Å². The molecule has 0 saturated carbocycles. The highest BCUT2D eigenvalue weighted by Crippen LogP contribution is 2.36. The minimum Gasteiger partial charge on any atom is -0.481 e. The molecule has 5 nitrogen and oxygen atoms in total. The average molecular weight is 286 g/mol. The monoisotopic (exact) mass is 286 g/mol. The van der Waals surface area contributed by atoms with E-state index in [1.165, 1.54) is 0 Å². The van der Waals surface area contributed by atoms with Gasteiger partial charge in [0, 0.05) is 24.7 Å². The average Bonchev–Trinajstić information content (AvgIpc) is 2.93. The van der Waals surface area contributed by atoms with Crippen LogP contribution in [0.3, 0.4) is 0 Å². The van der Waals surface area contributed by atoms with Crippen LogP contribution in [0.5, 0.6) is 0 Å². The van der Waals surface area contributed by atoms with Crippen LogP contribution < -0.4 is 5.32 Å². The number of hydrogen-bond donors (Lipinski definition) is 2. The standard InChI is InChI=1S/C13H22N2O3S/c1-2-3-13(12(17)18)4-6-15(7-5-13)11(16)10-8-19-9-14-10/h10,14H,2-9H2,1H3,(H,17,18). The van der Waals surface area contributed by atoms with Gasteiger partial charge in [0.1, 0.15) is 0 Å². The molecule has 19 heavy (non-hydrogen) atoms. The van der Waals surface area contributed by atoms with Gasteiger partial charge in [0.05, 0.1) is 11.5 Å². The molecule has 1 unspecified atom stereocenters. The Morgan fingerprint density at radius 2 is 2.11 bits per heavy atom. The smallest absolute Gasteiger partial charge is 0.309 e. The summed E-state index contributed by atoms with van der Waals surface area (Å²) in [6, 6.07) is -0.0755. The van der Waals surface area contributed by atoms with Crippen LogP contribution in [-0.2, 0) is 9.59 Å². The van der Waals surface area contributed by atoms with Crippen molar-refractivity contribution in [2.75, 3.05) is 24.7 Å². The van der Waals surface area contributed by atoms with Crippen molar-refractivity contribution in [1.29, 1.82) is 0 Å². The zero-order valence-electron chi connectivity index (χ0n) is 11.4. The van der Waals surface area contributed by atoms with Crippen LogP contribution in [0.1, 0.15) is 32.6 Å². The maximum Gasteiger partial charge on any atom is 0.309 e. The number of rotatable bonds is 4. The minimum absolute atomic E-state index is 0.0755. The van der Waals surface area contributed by atoms with Crippen molar-refractivity contribution in [2.45, 2.75) is 38.6 Å². The lowest BCUT2D eigenvalue weighted by Crippen LogP contribution is -2.51. The highest BCUT2D eigenvalue weighted by atomic mass is 32.2. The molecule has 0 spiro atoms. The van der Waals surface area contributed by atoms with Crippen molar-refractivity contribution in [2.24, 2.45) is 5.41 Å². The molecule has 0 aromatic rings. The molecular formula is C13H22N2O3S. The molecule has 1 amide bonds. The summed E-state index contributed by atoms with van der Waals surface area (Å²) in [5.74, 6) is 1.10. The van der Waals surface area contributed by atoms with Crippen LogP contribution >= 0.6 is 11.8 Å². The Hall–Kier alpha value is -0.750. The van der Waals surface area contributed by atoms with Crippen LogP contribution in [0.15, 0.2) is 0 Å². The van der Waals surface area contributed by atoms with Gasteiger partial charge >= 0.3 is 5.97 Å². The Bertz CT molecular complexity index is 348. The Morgan fingerprint density at radius 1 is 1.42 bits per heavy atom. The van der Waals surface area contributed by atoms with Crippen molar-refractivity contribution >= 4 is 23.6 Å². The topological polar surface area (TPSA) is 69.6 Å². The SMILES string of the molecule is CCCC1(C(=O)O)CCN(C(=O)C2CSCN2)CC1. The number of carbonyl (C=O) groups is 2. The zero-order valence-corrected chi connectivity index (χ0v) is 12.2. The predicted molar refractivity (Wildman–Crippen MR) is 75.0 cm³/mol. The first-order valence-electron chi connectivity index (χ1n) is 6.92. The molecule has 2 aliphatic heterocycles. The summed E-state index contributed by atoms with van der Waals surface area (Å²) in [5.41, 5.74) is -0.608. The van der Waals surface area contributed by atoms with Crippen LogP contribution in [0.2, 0.25) is 0 Å². The van der Waals surface area contributed by atoms with Crippen molar-refractivity contribution in [1.82, 2.24) is 10.2 Å². The summed E-state index contributed by atoms with van der Waals surface area (Å²) < 4.78 is 0. The van der Waals surface area contributed by atoms with Gasteiger partial charge in [-0.1, -0.05) is 13.3 Å². The number of carboxylic acid groups (broad SMARTS) is 1. The molecule has 0 aromatic heterocycles.